The molecular formula is C24H20F2N4O2S. The van der Waals surface area contributed by atoms with Crippen LogP contribution in [0, 0.1) is 13.8 Å². The number of carbonyl (C=O) groups is 1. The van der Waals surface area contributed by atoms with E-state index >= 15 is 0 Å². The van der Waals surface area contributed by atoms with Gasteiger partial charge >= 0.3 is 6.61 Å². The maximum Gasteiger partial charge on any atom is 0.387 e. The quantitative estimate of drug-likeness (QED) is 0.251. The van der Waals surface area contributed by atoms with Crippen LogP contribution < -0.4 is 4.74 Å². The summed E-state index contributed by atoms with van der Waals surface area (Å²) in [5.41, 5.74) is 3.53. The number of ether oxygens (including phenoxy) is 1. The lowest BCUT2D eigenvalue weighted by molar-refractivity contribution is -0.0501. The molecule has 0 amide bonds. The van der Waals surface area contributed by atoms with Crippen molar-refractivity contribution >= 4 is 17.5 Å². The van der Waals surface area contributed by atoms with E-state index in [9.17, 15) is 13.6 Å². The highest BCUT2D eigenvalue weighted by molar-refractivity contribution is 7.99. The number of ketones is 1. The molecule has 0 saturated heterocycles. The Morgan fingerprint density at radius 3 is 2.64 bits per heavy atom. The molecule has 0 N–H and O–H groups in total. The number of pyridine rings is 1. The third-order valence-electron chi connectivity index (χ3n) is 4.89. The van der Waals surface area contributed by atoms with Crippen LogP contribution in [-0.2, 0) is 0 Å². The van der Waals surface area contributed by atoms with E-state index in [0.717, 1.165) is 22.4 Å². The third-order valence-corrected chi connectivity index (χ3v) is 5.82. The average molecular weight is 467 g/mol. The molecule has 0 fully saturated rings. The van der Waals surface area contributed by atoms with Crippen molar-refractivity contribution in [3.8, 4) is 22.8 Å². The fourth-order valence-corrected chi connectivity index (χ4v) is 4.17. The molecule has 9 heteroatoms. The number of aryl methyl sites for hydroxylation is 2. The highest BCUT2D eigenvalue weighted by Gasteiger charge is 2.21. The monoisotopic (exact) mass is 466 g/mol. The maximum absolute atomic E-state index is 13.0. The molecule has 4 aromatic rings. The molecule has 168 valence electrons. The standard InChI is InChI=1S/C24H20F2N4O2S/c1-15-9-10-21(32-23(25)26)18(12-15)20(31)14-33-24-29-28-22(17-7-5-11-27-13-17)30(24)19-8-4-3-6-16(19)2/h3-13,23H,14H2,1-2H3. The first-order valence-corrected chi connectivity index (χ1v) is 11.1. The van der Waals surface area contributed by atoms with Crippen molar-refractivity contribution in [1.82, 2.24) is 19.7 Å². The number of Topliss-reactive ketones (excluding diaryl/α,β-unsaturated/α-hetero) is 1. The van der Waals surface area contributed by atoms with Gasteiger partial charge in [-0.2, -0.15) is 8.78 Å². The van der Waals surface area contributed by atoms with Gasteiger partial charge in [-0.25, -0.2) is 0 Å². The van der Waals surface area contributed by atoms with E-state index < -0.39 is 6.61 Å². The Kier molecular flexibility index (Phi) is 6.79. The Morgan fingerprint density at radius 1 is 1.09 bits per heavy atom. The lowest BCUT2D eigenvalue weighted by Gasteiger charge is -2.13. The van der Waals surface area contributed by atoms with E-state index in [0.29, 0.717) is 11.0 Å². The number of carbonyl (C=O) groups excluding carboxylic acids is 1. The second-order valence-electron chi connectivity index (χ2n) is 7.26. The first kappa shape index (κ1) is 22.6. The van der Waals surface area contributed by atoms with Crippen molar-refractivity contribution in [2.24, 2.45) is 0 Å². The van der Waals surface area contributed by atoms with Crippen LogP contribution in [0.3, 0.4) is 0 Å². The molecule has 0 unspecified atom stereocenters. The zero-order valence-corrected chi connectivity index (χ0v) is 18.7. The summed E-state index contributed by atoms with van der Waals surface area (Å²) in [5.74, 6) is 0.0731. The first-order chi connectivity index (χ1) is 15.9. The fourth-order valence-electron chi connectivity index (χ4n) is 3.35. The van der Waals surface area contributed by atoms with E-state index in [-0.39, 0.29) is 22.8 Å². The minimum Gasteiger partial charge on any atom is -0.434 e. The highest BCUT2D eigenvalue weighted by atomic mass is 32.2. The van der Waals surface area contributed by atoms with E-state index in [2.05, 4.69) is 19.9 Å². The molecule has 0 aliphatic heterocycles. The highest BCUT2D eigenvalue weighted by Crippen LogP contribution is 2.30. The van der Waals surface area contributed by atoms with Crippen molar-refractivity contribution in [3.63, 3.8) is 0 Å². The smallest absolute Gasteiger partial charge is 0.387 e. The number of halogens is 2. The minimum atomic E-state index is -3.02. The van der Waals surface area contributed by atoms with E-state index in [1.54, 1.807) is 31.5 Å². The number of hydrogen-bond acceptors (Lipinski definition) is 6. The van der Waals surface area contributed by atoms with Gasteiger partial charge in [0.15, 0.2) is 16.8 Å². The lowest BCUT2D eigenvalue weighted by atomic mass is 10.1. The summed E-state index contributed by atoms with van der Waals surface area (Å²) in [4.78, 5) is 17.1. The number of benzene rings is 2. The molecular weight excluding hydrogens is 446 g/mol. The third kappa shape index (κ3) is 5.09. The number of rotatable bonds is 8. The molecule has 2 aromatic carbocycles. The van der Waals surface area contributed by atoms with Crippen molar-refractivity contribution in [2.45, 2.75) is 25.6 Å². The van der Waals surface area contributed by atoms with Crippen LogP contribution in [0.1, 0.15) is 21.5 Å². The van der Waals surface area contributed by atoms with Crippen LogP contribution >= 0.6 is 11.8 Å². The normalized spacial score (nSPS) is 11.1. The van der Waals surface area contributed by atoms with Crippen LogP contribution in [0.4, 0.5) is 8.78 Å². The van der Waals surface area contributed by atoms with Gasteiger partial charge in [0.05, 0.1) is 17.0 Å². The molecule has 2 heterocycles. The molecule has 4 rings (SSSR count). The summed E-state index contributed by atoms with van der Waals surface area (Å²) < 4.78 is 32.0. The molecule has 0 spiro atoms. The second kappa shape index (κ2) is 9.91. The molecule has 0 saturated carbocycles. The van der Waals surface area contributed by atoms with Gasteiger partial charge in [-0.3, -0.25) is 14.3 Å². The van der Waals surface area contributed by atoms with Crippen LogP contribution in [0.2, 0.25) is 0 Å². The first-order valence-electron chi connectivity index (χ1n) is 10.1. The summed E-state index contributed by atoms with van der Waals surface area (Å²) >= 11 is 1.18. The Balaban J connectivity index is 1.67. The summed E-state index contributed by atoms with van der Waals surface area (Å²) in [6, 6.07) is 16.0. The van der Waals surface area contributed by atoms with Gasteiger partial charge in [-0.05, 0) is 49.7 Å². The topological polar surface area (TPSA) is 69.9 Å². The zero-order valence-electron chi connectivity index (χ0n) is 17.9. The largest absolute Gasteiger partial charge is 0.434 e. The van der Waals surface area contributed by atoms with Gasteiger partial charge in [-0.15, -0.1) is 10.2 Å². The molecule has 0 bridgehead atoms. The second-order valence-corrected chi connectivity index (χ2v) is 8.20. The van der Waals surface area contributed by atoms with Crippen molar-refractivity contribution < 1.29 is 18.3 Å². The van der Waals surface area contributed by atoms with Gasteiger partial charge in [0.25, 0.3) is 0 Å². The van der Waals surface area contributed by atoms with Crippen molar-refractivity contribution in [1.29, 1.82) is 0 Å². The lowest BCUT2D eigenvalue weighted by Crippen LogP contribution is -2.10. The van der Waals surface area contributed by atoms with Crippen LogP contribution in [0.25, 0.3) is 17.1 Å². The Hall–Kier alpha value is -3.59. The number of hydrogen-bond donors (Lipinski definition) is 0. The molecule has 0 atom stereocenters. The molecule has 33 heavy (non-hydrogen) atoms. The van der Waals surface area contributed by atoms with Gasteiger partial charge in [0.2, 0.25) is 0 Å². The molecule has 0 aliphatic carbocycles. The van der Waals surface area contributed by atoms with E-state index in [1.807, 2.05) is 47.9 Å². The van der Waals surface area contributed by atoms with Crippen LogP contribution in [0.15, 0.2) is 72.1 Å². The minimum absolute atomic E-state index is 0.0277. The SMILES string of the molecule is Cc1ccc(OC(F)F)c(C(=O)CSc2nnc(-c3cccnc3)n2-c2ccccc2C)c1. The van der Waals surface area contributed by atoms with Gasteiger partial charge in [-0.1, -0.05) is 41.6 Å². The fraction of sp³-hybridized carbons (Fsp3) is 0.167. The van der Waals surface area contributed by atoms with Crippen LogP contribution in [-0.4, -0.2) is 37.9 Å². The molecule has 6 nitrogen and oxygen atoms in total. The van der Waals surface area contributed by atoms with Crippen molar-refractivity contribution in [2.75, 3.05) is 5.75 Å². The molecule has 2 aromatic heterocycles. The summed E-state index contributed by atoms with van der Waals surface area (Å²) in [6.07, 6.45) is 3.37. The Bertz CT molecular complexity index is 1280. The summed E-state index contributed by atoms with van der Waals surface area (Å²) in [5, 5.41) is 9.15. The number of aromatic nitrogens is 4. The predicted octanol–water partition coefficient (Wildman–Crippen LogP) is 5.52. The van der Waals surface area contributed by atoms with Gasteiger partial charge in [0.1, 0.15) is 5.75 Å². The predicted molar refractivity (Wildman–Crippen MR) is 122 cm³/mol. The molecule has 0 radical (unpaired) electrons. The number of para-hydroxylation sites is 1. The van der Waals surface area contributed by atoms with E-state index in [4.69, 9.17) is 0 Å². The van der Waals surface area contributed by atoms with Crippen LogP contribution in [0.5, 0.6) is 5.75 Å². The van der Waals surface area contributed by atoms with Gasteiger partial charge in [0, 0.05) is 18.0 Å². The van der Waals surface area contributed by atoms with Gasteiger partial charge < -0.3 is 4.74 Å². The maximum atomic E-state index is 13.0. The number of nitrogens with zero attached hydrogens (tertiary/aromatic N) is 4. The zero-order chi connectivity index (χ0) is 23.4. The Morgan fingerprint density at radius 2 is 1.91 bits per heavy atom. The molecule has 0 aliphatic rings. The Labute approximate surface area is 193 Å². The number of thioether (sulfide) groups is 1. The van der Waals surface area contributed by atoms with Crippen molar-refractivity contribution in [3.05, 3.63) is 83.7 Å². The summed E-state index contributed by atoms with van der Waals surface area (Å²) in [7, 11) is 0. The summed E-state index contributed by atoms with van der Waals surface area (Å²) in [6.45, 7) is 0.742. The average Bonchev–Trinajstić information content (AvgIpc) is 3.23. The van der Waals surface area contributed by atoms with E-state index in [1.165, 1.54) is 17.8 Å². The number of alkyl halides is 2.